The number of phenols is 1. The van der Waals surface area contributed by atoms with Gasteiger partial charge < -0.3 is 14.9 Å². The fraction of sp³-hybridized carbons (Fsp3) is 0.235. The number of benzene rings is 1. The molecule has 0 saturated carbocycles. The van der Waals surface area contributed by atoms with E-state index in [1.165, 1.54) is 13.2 Å². The molecule has 112 valence electrons. The Morgan fingerprint density at radius 2 is 2.10 bits per heavy atom. The predicted molar refractivity (Wildman–Crippen MR) is 83.0 cm³/mol. The van der Waals surface area contributed by atoms with E-state index in [1.807, 2.05) is 13.0 Å². The zero-order valence-corrected chi connectivity index (χ0v) is 12.3. The summed E-state index contributed by atoms with van der Waals surface area (Å²) in [7, 11) is 1.47. The summed E-state index contributed by atoms with van der Waals surface area (Å²) in [5, 5.41) is 19.0. The number of hydrogen-bond acceptors (Lipinski definition) is 3. The molecule has 4 nitrogen and oxygen atoms in total. The number of methoxy groups -OCH3 is 1. The van der Waals surface area contributed by atoms with E-state index in [0.29, 0.717) is 24.2 Å². The van der Waals surface area contributed by atoms with Gasteiger partial charge in [-0.1, -0.05) is 36.5 Å². The molecule has 0 amide bonds. The number of carboxylic acids is 1. The Morgan fingerprint density at radius 3 is 2.62 bits per heavy atom. The first kappa shape index (κ1) is 16.6. The largest absolute Gasteiger partial charge is 0.507 e. The van der Waals surface area contributed by atoms with E-state index in [9.17, 15) is 15.0 Å². The Kier molecular flexibility index (Phi) is 5.79. The molecule has 0 aliphatic carbocycles. The van der Waals surface area contributed by atoms with Gasteiger partial charge in [0.25, 0.3) is 0 Å². The van der Waals surface area contributed by atoms with Gasteiger partial charge in [-0.2, -0.15) is 0 Å². The van der Waals surface area contributed by atoms with Crippen molar-refractivity contribution in [3.63, 3.8) is 0 Å². The number of allylic oxidation sites excluding steroid dienone is 4. The molecule has 1 rings (SSSR count). The van der Waals surface area contributed by atoms with E-state index in [-0.39, 0.29) is 11.3 Å². The van der Waals surface area contributed by atoms with Gasteiger partial charge in [-0.05, 0) is 31.4 Å². The molecular formula is C17H20O4. The van der Waals surface area contributed by atoms with Crippen molar-refractivity contribution in [3.05, 3.63) is 59.7 Å². The third kappa shape index (κ3) is 4.53. The van der Waals surface area contributed by atoms with E-state index in [4.69, 9.17) is 4.74 Å². The van der Waals surface area contributed by atoms with Crippen molar-refractivity contribution < 1.29 is 19.7 Å². The van der Waals surface area contributed by atoms with Crippen LogP contribution in [-0.2, 0) is 6.42 Å². The lowest BCUT2D eigenvalue weighted by molar-refractivity contribution is 0.0692. The number of hydrogen-bond donors (Lipinski definition) is 2. The summed E-state index contributed by atoms with van der Waals surface area (Å²) in [6.45, 7) is 9.51. The van der Waals surface area contributed by atoms with Crippen molar-refractivity contribution in [2.75, 3.05) is 7.11 Å². The van der Waals surface area contributed by atoms with E-state index < -0.39 is 5.97 Å². The quantitative estimate of drug-likeness (QED) is 0.750. The molecule has 0 aliphatic rings. The van der Waals surface area contributed by atoms with Crippen LogP contribution < -0.4 is 4.74 Å². The van der Waals surface area contributed by atoms with Crippen LogP contribution >= 0.6 is 0 Å². The summed E-state index contributed by atoms with van der Waals surface area (Å²) >= 11 is 0. The Labute approximate surface area is 124 Å². The Morgan fingerprint density at radius 1 is 1.43 bits per heavy atom. The van der Waals surface area contributed by atoms with Crippen LogP contribution in [-0.4, -0.2) is 23.3 Å². The van der Waals surface area contributed by atoms with Crippen molar-refractivity contribution in [2.24, 2.45) is 0 Å². The third-order valence-corrected chi connectivity index (χ3v) is 3.09. The molecule has 2 N–H and O–H groups in total. The van der Waals surface area contributed by atoms with Crippen molar-refractivity contribution in [1.82, 2.24) is 0 Å². The molecule has 0 heterocycles. The van der Waals surface area contributed by atoms with Crippen LogP contribution in [0.3, 0.4) is 0 Å². The van der Waals surface area contributed by atoms with Gasteiger partial charge in [-0.15, -0.1) is 0 Å². The second-order valence-corrected chi connectivity index (χ2v) is 4.74. The highest BCUT2D eigenvalue weighted by Gasteiger charge is 2.17. The number of aryl methyl sites for hydroxylation is 1. The van der Waals surface area contributed by atoms with E-state index >= 15 is 0 Å². The van der Waals surface area contributed by atoms with Gasteiger partial charge >= 0.3 is 5.97 Å². The van der Waals surface area contributed by atoms with Crippen LogP contribution in [0, 0.1) is 0 Å². The van der Waals surface area contributed by atoms with Gasteiger partial charge in [-0.25, -0.2) is 4.79 Å². The van der Waals surface area contributed by atoms with Crippen molar-refractivity contribution >= 4 is 5.97 Å². The maximum absolute atomic E-state index is 11.3. The third-order valence-electron chi connectivity index (χ3n) is 3.09. The molecule has 0 spiro atoms. The maximum Gasteiger partial charge on any atom is 0.339 e. The minimum absolute atomic E-state index is 0.0898. The van der Waals surface area contributed by atoms with Gasteiger partial charge in [0, 0.05) is 6.07 Å². The van der Waals surface area contributed by atoms with E-state index in [2.05, 4.69) is 13.2 Å². The minimum atomic E-state index is -1.16. The van der Waals surface area contributed by atoms with Gasteiger partial charge in [0.1, 0.15) is 17.1 Å². The molecule has 0 atom stereocenters. The van der Waals surface area contributed by atoms with Crippen LogP contribution in [0.25, 0.3) is 0 Å². The first-order valence-corrected chi connectivity index (χ1v) is 6.50. The zero-order chi connectivity index (χ0) is 16.0. The molecule has 0 aromatic heterocycles. The fourth-order valence-electron chi connectivity index (χ4n) is 1.97. The molecule has 1 aromatic rings. The average molecular weight is 288 g/mol. The maximum atomic E-state index is 11.3. The highest BCUT2D eigenvalue weighted by atomic mass is 16.5. The lowest BCUT2D eigenvalue weighted by Crippen LogP contribution is -2.04. The SMILES string of the molecule is C=C/C(C)=C/C(=C)CCc1cc(OC)cc(O)c1C(=O)O. The first-order chi connectivity index (χ1) is 9.88. The monoisotopic (exact) mass is 288 g/mol. The number of carboxylic acid groups (broad SMARTS) is 1. The van der Waals surface area contributed by atoms with Crippen LogP contribution in [0.5, 0.6) is 11.5 Å². The Hall–Kier alpha value is -2.49. The summed E-state index contributed by atoms with van der Waals surface area (Å²) in [5.41, 5.74) is 2.29. The normalized spacial score (nSPS) is 11.0. The number of carbonyl (C=O) groups is 1. The summed E-state index contributed by atoms with van der Waals surface area (Å²) < 4.78 is 5.06. The lowest BCUT2D eigenvalue weighted by atomic mass is 9.98. The van der Waals surface area contributed by atoms with Crippen LogP contribution in [0.2, 0.25) is 0 Å². The molecule has 0 radical (unpaired) electrons. The van der Waals surface area contributed by atoms with Crippen molar-refractivity contribution in [1.29, 1.82) is 0 Å². The number of rotatable bonds is 7. The molecular weight excluding hydrogens is 268 g/mol. The van der Waals surface area contributed by atoms with Crippen LogP contribution in [0.4, 0.5) is 0 Å². The highest BCUT2D eigenvalue weighted by molar-refractivity contribution is 5.93. The topological polar surface area (TPSA) is 66.8 Å². The van der Waals surface area contributed by atoms with Crippen LogP contribution in [0.15, 0.2) is 48.6 Å². The average Bonchev–Trinajstić information content (AvgIpc) is 2.43. The van der Waals surface area contributed by atoms with Crippen LogP contribution in [0.1, 0.15) is 29.3 Å². The molecule has 21 heavy (non-hydrogen) atoms. The molecule has 1 aromatic carbocycles. The van der Waals surface area contributed by atoms with Gasteiger partial charge in [0.05, 0.1) is 7.11 Å². The second kappa shape index (κ2) is 7.33. The smallest absolute Gasteiger partial charge is 0.339 e. The van der Waals surface area contributed by atoms with Crippen molar-refractivity contribution in [2.45, 2.75) is 19.8 Å². The van der Waals surface area contributed by atoms with E-state index in [1.54, 1.807) is 12.1 Å². The molecule has 0 aliphatic heterocycles. The molecule has 0 bridgehead atoms. The highest BCUT2D eigenvalue weighted by Crippen LogP contribution is 2.29. The van der Waals surface area contributed by atoms with Gasteiger partial charge in [-0.3, -0.25) is 0 Å². The Balaban J connectivity index is 3.01. The summed E-state index contributed by atoms with van der Waals surface area (Å²) in [5.74, 6) is -1.02. The van der Waals surface area contributed by atoms with Gasteiger partial charge in [0.2, 0.25) is 0 Å². The molecule has 4 heteroatoms. The molecule has 0 fully saturated rings. The standard InChI is InChI=1S/C17H20O4/c1-5-11(2)8-12(3)6-7-13-9-14(21-4)10-15(18)16(13)17(19)20/h5,8-10,18H,1,3,6-7H2,2,4H3,(H,19,20)/b11-8+. The zero-order valence-electron chi connectivity index (χ0n) is 12.3. The second-order valence-electron chi connectivity index (χ2n) is 4.74. The fourth-order valence-corrected chi connectivity index (χ4v) is 1.97. The van der Waals surface area contributed by atoms with Gasteiger partial charge in [0.15, 0.2) is 0 Å². The number of aromatic hydroxyl groups is 1. The Bertz CT molecular complexity index is 597. The summed E-state index contributed by atoms with van der Waals surface area (Å²) in [6.07, 6.45) is 4.66. The number of ether oxygens (including phenoxy) is 1. The summed E-state index contributed by atoms with van der Waals surface area (Å²) in [6, 6.07) is 2.92. The van der Waals surface area contributed by atoms with Crippen molar-refractivity contribution in [3.8, 4) is 11.5 Å². The first-order valence-electron chi connectivity index (χ1n) is 6.50. The number of aromatic carboxylic acids is 1. The minimum Gasteiger partial charge on any atom is -0.507 e. The molecule has 0 unspecified atom stereocenters. The van der Waals surface area contributed by atoms with E-state index in [0.717, 1.165) is 11.1 Å². The summed E-state index contributed by atoms with van der Waals surface area (Å²) in [4.78, 5) is 11.3. The predicted octanol–water partition coefficient (Wildman–Crippen LogP) is 3.72. The lowest BCUT2D eigenvalue weighted by Gasteiger charge is -2.11. The molecule has 0 saturated heterocycles.